The number of fused-ring (bicyclic) bond motifs is 2. The first kappa shape index (κ1) is 10.7. The summed E-state index contributed by atoms with van der Waals surface area (Å²) in [7, 11) is -0.443. The zero-order chi connectivity index (χ0) is 10.8. The molecule has 2 aliphatic carbocycles. The lowest BCUT2D eigenvalue weighted by atomic mass is 9.50. The largest absolute Gasteiger partial charge is 0.492 e. The maximum absolute atomic E-state index is 6.00. The van der Waals surface area contributed by atoms with Crippen molar-refractivity contribution in [3.63, 3.8) is 0 Å². The third-order valence-corrected chi connectivity index (χ3v) is 5.12. The van der Waals surface area contributed by atoms with Crippen molar-refractivity contribution >= 4 is 30.3 Å². The van der Waals surface area contributed by atoms with Crippen LogP contribution in [0.3, 0.4) is 0 Å². The van der Waals surface area contributed by atoms with Gasteiger partial charge in [-0.25, -0.2) is 0 Å². The highest BCUT2D eigenvalue weighted by molar-refractivity contribution is 6.72. The fraction of sp³-hybridized carbons (Fsp3) is 1.00. The molecule has 2 heterocycles. The topological polar surface area (TPSA) is 18.5 Å². The van der Waals surface area contributed by atoms with E-state index in [0.29, 0.717) is 17.8 Å². The molecule has 0 aromatic carbocycles. The minimum absolute atomic E-state index is 0.0425. The van der Waals surface area contributed by atoms with E-state index < -0.39 is 11.9 Å². The van der Waals surface area contributed by atoms with Gasteiger partial charge in [0.05, 0.1) is 5.60 Å². The van der Waals surface area contributed by atoms with Gasteiger partial charge in [0.25, 0.3) is 0 Å². The highest BCUT2D eigenvalue weighted by Gasteiger charge is 2.64. The standard InChI is InChI=1S/C10H15BCl2O2/c1-5-7-3-6-4-8(5)14-11(9(12)13)15-10(6,7)2/h5-9H,3-4H2,1-2H3/t5?,6?,7?,8-,10?/m1/s1. The summed E-state index contributed by atoms with van der Waals surface area (Å²) in [6.45, 7) is 4.45. The minimum atomic E-state index is -0.588. The van der Waals surface area contributed by atoms with Crippen LogP contribution in [0.15, 0.2) is 0 Å². The molecule has 0 radical (unpaired) electrons. The molecular formula is C10H15BCl2O2. The molecule has 4 fully saturated rings. The minimum Gasteiger partial charge on any atom is -0.406 e. The predicted molar refractivity (Wildman–Crippen MR) is 61.0 cm³/mol. The van der Waals surface area contributed by atoms with Crippen LogP contribution in [-0.2, 0) is 9.31 Å². The molecule has 2 aliphatic heterocycles. The third kappa shape index (κ3) is 1.33. The Morgan fingerprint density at radius 1 is 1.40 bits per heavy atom. The smallest absolute Gasteiger partial charge is 0.406 e. The lowest BCUT2D eigenvalue weighted by Crippen LogP contribution is -2.62. The summed E-state index contributed by atoms with van der Waals surface area (Å²) in [5, 5.41) is 0. The molecule has 0 spiro atoms. The Morgan fingerprint density at radius 2 is 2.13 bits per heavy atom. The Kier molecular flexibility index (Phi) is 2.34. The summed E-state index contributed by atoms with van der Waals surface area (Å²) in [6.07, 6.45) is 2.67. The van der Waals surface area contributed by atoms with E-state index in [1.54, 1.807) is 0 Å². The van der Waals surface area contributed by atoms with Crippen LogP contribution in [0.4, 0.5) is 0 Å². The molecule has 0 amide bonds. The van der Waals surface area contributed by atoms with E-state index in [2.05, 4.69) is 13.8 Å². The van der Waals surface area contributed by atoms with Crippen LogP contribution >= 0.6 is 23.2 Å². The predicted octanol–water partition coefficient (Wildman–Crippen LogP) is 2.67. The van der Waals surface area contributed by atoms with Crippen molar-refractivity contribution in [1.29, 1.82) is 0 Å². The summed E-state index contributed by atoms with van der Waals surface area (Å²) in [5.41, 5.74) is -0.0425. The van der Waals surface area contributed by atoms with E-state index in [-0.39, 0.29) is 11.7 Å². The first-order chi connectivity index (χ1) is 7.02. The van der Waals surface area contributed by atoms with Crippen molar-refractivity contribution in [3.8, 4) is 0 Å². The maximum atomic E-state index is 6.00. The summed E-state index contributed by atoms with van der Waals surface area (Å²) in [5.74, 6) is 1.83. The number of rotatable bonds is 1. The lowest BCUT2D eigenvalue weighted by Gasteiger charge is -2.60. The van der Waals surface area contributed by atoms with Crippen LogP contribution in [0.5, 0.6) is 0 Å². The average Bonchev–Trinajstić information content (AvgIpc) is 2.31. The van der Waals surface area contributed by atoms with Crippen LogP contribution in [0.1, 0.15) is 26.7 Å². The number of hydrogen-bond acceptors (Lipinski definition) is 2. The second-order valence-corrected chi connectivity index (χ2v) is 6.48. The fourth-order valence-corrected chi connectivity index (χ4v) is 3.88. The number of hydrogen-bond donors (Lipinski definition) is 0. The molecule has 4 aliphatic rings. The van der Waals surface area contributed by atoms with Crippen LogP contribution in [0, 0.1) is 17.8 Å². The van der Waals surface area contributed by atoms with Crippen LogP contribution < -0.4 is 0 Å². The van der Waals surface area contributed by atoms with E-state index in [1.165, 1.54) is 6.42 Å². The van der Waals surface area contributed by atoms with Gasteiger partial charge in [0, 0.05) is 6.10 Å². The van der Waals surface area contributed by atoms with E-state index in [4.69, 9.17) is 32.5 Å². The number of halogens is 2. The first-order valence-electron chi connectivity index (χ1n) is 5.64. The molecular weight excluding hydrogens is 234 g/mol. The second-order valence-electron chi connectivity index (χ2n) is 5.31. The highest BCUT2D eigenvalue weighted by atomic mass is 35.5. The van der Waals surface area contributed by atoms with Crippen LogP contribution in [0.2, 0.25) is 0 Å². The Hall–Kier alpha value is 0.565. The van der Waals surface area contributed by atoms with Gasteiger partial charge in [-0.05, 0) is 37.5 Å². The van der Waals surface area contributed by atoms with E-state index in [9.17, 15) is 0 Å². The molecule has 4 rings (SSSR count). The molecule has 84 valence electrons. The Morgan fingerprint density at radius 3 is 2.73 bits per heavy atom. The van der Waals surface area contributed by atoms with Crippen molar-refractivity contribution in [2.45, 2.75) is 43.1 Å². The summed E-state index contributed by atoms with van der Waals surface area (Å²) < 4.78 is 11.3. The Bertz CT molecular complexity index is 289. The van der Waals surface area contributed by atoms with Crippen molar-refractivity contribution in [1.82, 2.24) is 0 Å². The van der Waals surface area contributed by atoms with Crippen molar-refractivity contribution in [2.24, 2.45) is 17.8 Å². The normalized spacial score (nSPS) is 53.0. The lowest BCUT2D eigenvalue weighted by molar-refractivity contribution is -0.170. The van der Waals surface area contributed by atoms with Gasteiger partial charge in [-0.1, -0.05) is 6.92 Å². The molecule has 0 N–H and O–H groups in total. The molecule has 4 bridgehead atoms. The third-order valence-electron chi connectivity index (χ3n) is 4.71. The highest BCUT2D eigenvalue weighted by Crippen LogP contribution is 2.60. The average molecular weight is 249 g/mol. The molecule has 0 aromatic rings. The van der Waals surface area contributed by atoms with Crippen LogP contribution in [0.25, 0.3) is 0 Å². The first-order valence-corrected chi connectivity index (χ1v) is 6.51. The second kappa shape index (κ2) is 3.28. The van der Waals surface area contributed by atoms with E-state index >= 15 is 0 Å². The van der Waals surface area contributed by atoms with Crippen LogP contribution in [-0.4, -0.2) is 23.6 Å². The molecule has 5 atom stereocenters. The molecule has 15 heavy (non-hydrogen) atoms. The monoisotopic (exact) mass is 248 g/mol. The zero-order valence-electron chi connectivity index (χ0n) is 8.95. The number of alkyl halides is 2. The molecule has 0 aromatic heterocycles. The SMILES string of the molecule is CC1C2CC3C[C@H]1OB(C(Cl)Cl)OC32C. The van der Waals surface area contributed by atoms with Crippen molar-refractivity contribution in [3.05, 3.63) is 0 Å². The van der Waals surface area contributed by atoms with Gasteiger partial charge in [-0.15, -0.1) is 23.2 Å². The van der Waals surface area contributed by atoms with Gasteiger partial charge in [0.15, 0.2) is 0 Å². The van der Waals surface area contributed by atoms with Gasteiger partial charge < -0.3 is 9.31 Å². The fourth-order valence-electron chi connectivity index (χ4n) is 3.66. The summed E-state index contributed by atoms with van der Waals surface area (Å²) in [4.78, 5) is 0. The summed E-state index contributed by atoms with van der Waals surface area (Å²) >= 11 is 11.8. The van der Waals surface area contributed by atoms with Gasteiger partial charge in [-0.3, -0.25) is 0 Å². The van der Waals surface area contributed by atoms with E-state index in [0.717, 1.165) is 6.42 Å². The molecule has 2 nitrogen and oxygen atoms in total. The van der Waals surface area contributed by atoms with Crippen molar-refractivity contribution < 1.29 is 9.31 Å². The molecule has 2 saturated carbocycles. The Labute approximate surface area is 101 Å². The van der Waals surface area contributed by atoms with Gasteiger partial charge >= 0.3 is 7.12 Å². The van der Waals surface area contributed by atoms with Gasteiger partial charge in [-0.2, -0.15) is 0 Å². The Balaban J connectivity index is 1.91. The van der Waals surface area contributed by atoms with Gasteiger partial charge in [0.1, 0.15) is 4.74 Å². The zero-order valence-corrected chi connectivity index (χ0v) is 10.5. The van der Waals surface area contributed by atoms with Gasteiger partial charge in [0.2, 0.25) is 0 Å². The van der Waals surface area contributed by atoms with E-state index in [1.807, 2.05) is 0 Å². The molecule has 2 saturated heterocycles. The molecule has 5 heteroatoms. The maximum Gasteiger partial charge on any atom is 0.492 e. The summed E-state index contributed by atoms with van der Waals surface area (Å²) in [6, 6.07) is 0. The van der Waals surface area contributed by atoms with Crippen molar-refractivity contribution in [2.75, 3.05) is 0 Å². The quantitative estimate of drug-likeness (QED) is 0.525. The molecule has 4 unspecified atom stereocenters.